The number of nitrogens with zero attached hydrogens (tertiary/aromatic N) is 2. The number of hydrogen-bond donors (Lipinski definition) is 3. The number of ether oxygens (including phenoxy) is 3. The highest BCUT2D eigenvalue weighted by Crippen LogP contribution is 2.35. The fourth-order valence-electron chi connectivity index (χ4n) is 3.96. The van der Waals surface area contributed by atoms with Crippen molar-refractivity contribution in [3.8, 4) is 28.4 Å². The van der Waals surface area contributed by atoms with E-state index in [0.29, 0.717) is 35.1 Å². The number of hydrogen-bond acceptors (Lipinski definition) is 8. The van der Waals surface area contributed by atoms with Gasteiger partial charge >= 0.3 is 7.12 Å². The number of benzene rings is 3. The number of nitrogens with one attached hydrogen (secondary N) is 1. The van der Waals surface area contributed by atoms with E-state index >= 15 is 4.39 Å². The molecule has 0 radical (unpaired) electrons. The summed E-state index contributed by atoms with van der Waals surface area (Å²) in [5.74, 6) is 1.44. The summed E-state index contributed by atoms with van der Waals surface area (Å²) < 4.78 is 31.3. The van der Waals surface area contributed by atoms with E-state index in [9.17, 15) is 10.0 Å². The third-order valence-corrected chi connectivity index (χ3v) is 5.83. The maximum Gasteiger partial charge on any atom is 0.491 e. The fraction of sp³-hybridized carbons (Fsp3) is 0.200. The molecule has 3 aromatic carbocycles. The number of halogens is 1. The van der Waals surface area contributed by atoms with Gasteiger partial charge < -0.3 is 29.6 Å². The molecular formula is C25H25BFN3O5. The van der Waals surface area contributed by atoms with Gasteiger partial charge in [0, 0.05) is 34.4 Å². The van der Waals surface area contributed by atoms with Gasteiger partial charge in [0.1, 0.15) is 23.1 Å². The summed E-state index contributed by atoms with van der Waals surface area (Å²) in [7, 11) is 2.68. The Balaban J connectivity index is 1.74. The number of anilines is 1. The molecule has 10 heteroatoms. The minimum Gasteiger partial charge on any atom is -0.497 e. The molecule has 0 aliphatic heterocycles. The number of methoxy groups -OCH3 is 3. The molecule has 0 saturated heterocycles. The first kappa shape index (κ1) is 24.2. The molecule has 180 valence electrons. The van der Waals surface area contributed by atoms with E-state index in [0.717, 1.165) is 16.3 Å². The molecule has 3 N–H and O–H groups in total. The number of rotatable bonds is 8. The largest absolute Gasteiger partial charge is 0.497 e. The van der Waals surface area contributed by atoms with Gasteiger partial charge in [-0.3, -0.25) is 0 Å². The van der Waals surface area contributed by atoms with Crippen molar-refractivity contribution in [2.45, 2.75) is 13.5 Å². The molecule has 4 aromatic rings. The first-order valence-corrected chi connectivity index (χ1v) is 10.8. The first-order valence-electron chi connectivity index (χ1n) is 10.8. The van der Waals surface area contributed by atoms with Crippen LogP contribution in [0.2, 0.25) is 0 Å². The van der Waals surface area contributed by atoms with E-state index in [1.807, 2.05) is 31.2 Å². The number of fused-ring (bicyclic) bond motifs is 1. The minimum absolute atomic E-state index is 0.133. The summed E-state index contributed by atoms with van der Waals surface area (Å²) in [5.41, 5.74) is 1.97. The van der Waals surface area contributed by atoms with Gasteiger partial charge in [-0.15, -0.1) is 5.10 Å². The topological polar surface area (TPSA) is 106 Å². The lowest BCUT2D eigenvalue weighted by molar-refractivity contribution is 0.391. The van der Waals surface area contributed by atoms with Crippen molar-refractivity contribution in [2.75, 3.05) is 26.6 Å². The van der Waals surface area contributed by atoms with Gasteiger partial charge in [-0.2, -0.15) is 5.10 Å². The second-order valence-corrected chi connectivity index (χ2v) is 7.85. The SMILES string of the molecule is COc1ccc(CNc2nnc(C)c3cc(-c4c(OC)ccc(B(O)O)c4F)ccc23)c(OC)c1. The molecule has 0 unspecified atom stereocenters. The molecule has 4 rings (SSSR count). The van der Waals surface area contributed by atoms with Crippen LogP contribution < -0.4 is 25.0 Å². The first-order chi connectivity index (χ1) is 16.9. The average molecular weight is 477 g/mol. The quantitative estimate of drug-likeness (QED) is 0.333. The molecule has 0 spiro atoms. The van der Waals surface area contributed by atoms with E-state index in [4.69, 9.17) is 14.2 Å². The summed E-state index contributed by atoms with van der Waals surface area (Å²) >= 11 is 0. The maximum absolute atomic E-state index is 15.2. The van der Waals surface area contributed by atoms with E-state index in [1.54, 1.807) is 26.4 Å². The Hall–Kier alpha value is -3.89. The van der Waals surface area contributed by atoms with Crippen LogP contribution in [-0.4, -0.2) is 48.7 Å². The zero-order valence-electron chi connectivity index (χ0n) is 19.8. The van der Waals surface area contributed by atoms with Crippen molar-refractivity contribution in [3.63, 3.8) is 0 Å². The molecule has 1 aromatic heterocycles. The molecule has 0 atom stereocenters. The summed E-state index contributed by atoms with van der Waals surface area (Å²) in [4.78, 5) is 0. The lowest BCUT2D eigenvalue weighted by Crippen LogP contribution is -2.33. The van der Waals surface area contributed by atoms with Gasteiger partial charge in [0.05, 0.1) is 32.6 Å². The van der Waals surface area contributed by atoms with Crippen LogP contribution in [0.5, 0.6) is 17.2 Å². The number of aromatic nitrogens is 2. The Morgan fingerprint density at radius 2 is 1.66 bits per heavy atom. The summed E-state index contributed by atoms with van der Waals surface area (Å²) in [6.45, 7) is 2.25. The molecule has 1 heterocycles. The molecule has 0 saturated carbocycles. The van der Waals surface area contributed by atoms with E-state index in [1.165, 1.54) is 19.2 Å². The maximum atomic E-state index is 15.2. The molecule has 35 heavy (non-hydrogen) atoms. The zero-order chi connectivity index (χ0) is 25.1. The monoisotopic (exact) mass is 477 g/mol. The van der Waals surface area contributed by atoms with Crippen molar-refractivity contribution in [3.05, 3.63) is 65.6 Å². The van der Waals surface area contributed by atoms with Gasteiger partial charge in [0.2, 0.25) is 0 Å². The lowest BCUT2D eigenvalue weighted by atomic mass is 9.78. The fourth-order valence-corrected chi connectivity index (χ4v) is 3.96. The molecular weight excluding hydrogens is 452 g/mol. The Morgan fingerprint density at radius 1 is 0.886 bits per heavy atom. The molecule has 0 aliphatic rings. The minimum atomic E-state index is -1.95. The third kappa shape index (κ3) is 4.71. The van der Waals surface area contributed by atoms with Crippen molar-refractivity contribution >= 4 is 29.2 Å². The van der Waals surface area contributed by atoms with Crippen LogP contribution in [0.4, 0.5) is 10.2 Å². The molecule has 0 amide bonds. The van der Waals surface area contributed by atoms with Crippen LogP contribution >= 0.6 is 0 Å². The van der Waals surface area contributed by atoms with Crippen LogP contribution in [0.1, 0.15) is 11.3 Å². The van der Waals surface area contributed by atoms with Crippen LogP contribution in [-0.2, 0) is 6.54 Å². The normalized spacial score (nSPS) is 10.8. The second kappa shape index (κ2) is 10.2. The summed E-state index contributed by atoms with van der Waals surface area (Å²) in [6, 6.07) is 13.7. The van der Waals surface area contributed by atoms with Crippen LogP contribution in [0.15, 0.2) is 48.5 Å². The van der Waals surface area contributed by atoms with Crippen molar-refractivity contribution in [2.24, 2.45) is 0 Å². The van der Waals surface area contributed by atoms with Crippen LogP contribution in [0.25, 0.3) is 21.9 Å². The highest BCUT2D eigenvalue weighted by atomic mass is 19.1. The van der Waals surface area contributed by atoms with Gasteiger partial charge in [-0.05, 0) is 42.8 Å². The predicted octanol–water partition coefficient (Wildman–Crippen LogP) is 3.06. The Bertz CT molecular complexity index is 1380. The smallest absolute Gasteiger partial charge is 0.491 e. The third-order valence-electron chi connectivity index (χ3n) is 5.83. The lowest BCUT2D eigenvalue weighted by Gasteiger charge is -2.15. The van der Waals surface area contributed by atoms with Crippen LogP contribution in [0.3, 0.4) is 0 Å². The Labute approximate surface area is 202 Å². The van der Waals surface area contributed by atoms with E-state index in [-0.39, 0.29) is 16.8 Å². The highest BCUT2D eigenvalue weighted by Gasteiger charge is 2.23. The summed E-state index contributed by atoms with van der Waals surface area (Å²) in [6.07, 6.45) is 0. The number of aryl methyl sites for hydroxylation is 1. The average Bonchev–Trinajstić information content (AvgIpc) is 2.87. The van der Waals surface area contributed by atoms with Crippen LogP contribution in [0, 0.1) is 12.7 Å². The van der Waals surface area contributed by atoms with Crippen molar-refractivity contribution in [1.29, 1.82) is 0 Å². The standard InChI is InChI=1S/C25H25BFN3O5/c1-14-19-11-15(23-21(34-3)10-9-20(24(23)27)26(31)32)6-8-18(19)25(30-29-14)28-13-16-5-7-17(33-2)12-22(16)35-4/h5-12,31-32H,13H2,1-4H3,(H,28,30). The van der Waals surface area contributed by atoms with Gasteiger partial charge in [0.15, 0.2) is 5.82 Å². The molecule has 0 fully saturated rings. The highest BCUT2D eigenvalue weighted by molar-refractivity contribution is 6.58. The van der Waals surface area contributed by atoms with Gasteiger partial charge in [-0.25, -0.2) is 4.39 Å². The summed E-state index contributed by atoms with van der Waals surface area (Å²) in [5, 5.41) is 32.5. The Kier molecular flexibility index (Phi) is 7.04. The second-order valence-electron chi connectivity index (χ2n) is 7.85. The van der Waals surface area contributed by atoms with Gasteiger partial charge in [0.25, 0.3) is 0 Å². The van der Waals surface area contributed by atoms with Crippen molar-refractivity contribution in [1.82, 2.24) is 10.2 Å². The Morgan fingerprint density at radius 3 is 2.34 bits per heavy atom. The van der Waals surface area contributed by atoms with Crippen molar-refractivity contribution < 1.29 is 28.6 Å². The van der Waals surface area contributed by atoms with E-state index < -0.39 is 12.9 Å². The van der Waals surface area contributed by atoms with Gasteiger partial charge in [-0.1, -0.05) is 12.1 Å². The zero-order valence-corrected chi connectivity index (χ0v) is 19.8. The molecule has 0 aliphatic carbocycles. The predicted molar refractivity (Wildman–Crippen MR) is 133 cm³/mol. The molecule has 0 bridgehead atoms. The van der Waals surface area contributed by atoms with E-state index in [2.05, 4.69) is 15.5 Å². The molecule has 8 nitrogen and oxygen atoms in total.